The Morgan fingerprint density at radius 2 is 1.70 bits per heavy atom. The lowest BCUT2D eigenvalue weighted by Gasteiger charge is -2.33. The fraction of sp³-hybridized carbons (Fsp3) is 0.857. The Bertz CT molecular complexity index is 333. The molecule has 0 spiro atoms. The summed E-state index contributed by atoms with van der Waals surface area (Å²) in [6.45, 7) is 11.2. The summed E-state index contributed by atoms with van der Waals surface area (Å²) in [6, 6.07) is -0.836. The molecule has 0 aliphatic heterocycles. The highest BCUT2D eigenvalue weighted by molar-refractivity contribution is 5.82. The Balaban J connectivity index is 4.95. The maximum absolute atomic E-state index is 12.0. The van der Waals surface area contributed by atoms with Crippen LogP contribution in [0, 0.1) is 5.41 Å². The molecule has 6 nitrogen and oxygen atoms in total. The number of alkyl carbamates (subject to hydrolysis) is 1. The van der Waals surface area contributed by atoms with Crippen LogP contribution in [0.1, 0.15) is 41.5 Å². The predicted molar refractivity (Wildman–Crippen MR) is 75.4 cm³/mol. The number of ether oxygens (including phenoxy) is 3. The second-order valence-corrected chi connectivity index (χ2v) is 6.25. The molecule has 0 heterocycles. The van der Waals surface area contributed by atoms with Gasteiger partial charge in [-0.1, -0.05) is 13.8 Å². The van der Waals surface area contributed by atoms with Gasteiger partial charge in [0.1, 0.15) is 11.6 Å². The lowest BCUT2D eigenvalue weighted by atomic mass is 9.85. The molecule has 0 saturated carbocycles. The molecule has 6 heteroatoms. The van der Waals surface area contributed by atoms with E-state index in [4.69, 9.17) is 14.2 Å². The lowest BCUT2D eigenvalue weighted by Crippen LogP contribution is -2.53. The topological polar surface area (TPSA) is 73.9 Å². The van der Waals surface area contributed by atoms with Gasteiger partial charge in [0.15, 0.2) is 0 Å². The van der Waals surface area contributed by atoms with Gasteiger partial charge in [-0.3, -0.25) is 0 Å². The summed E-state index contributed by atoms with van der Waals surface area (Å²) in [4.78, 5) is 23.9. The van der Waals surface area contributed by atoms with E-state index < -0.39 is 29.1 Å². The van der Waals surface area contributed by atoms with Gasteiger partial charge in [0.05, 0.1) is 13.2 Å². The first-order valence-corrected chi connectivity index (χ1v) is 6.68. The van der Waals surface area contributed by atoms with E-state index in [-0.39, 0.29) is 6.61 Å². The van der Waals surface area contributed by atoms with Crippen LogP contribution >= 0.6 is 0 Å². The van der Waals surface area contributed by atoms with Crippen LogP contribution in [-0.2, 0) is 19.0 Å². The molecule has 0 bridgehead atoms. The molecular weight excluding hydrogens is 262 g/mol. The van der Waals surface area contributed by atoms with Gasteiger partial charge in [-0.2, -0.15) is 0 Å². The highest BCUT2D eigenvalue weighted by Gasteiger charge is 2.38. The minimum Gasteiger partial charge on any atom is -0.464 e. The molecule has 1 atom stereocenters. The number of amides is 1. The number of nitrogens with one attached hydrogen (secondary N) is 1. The van der Waals surface area contributed by atoms with Crippen molar-refractivity contribution in [1.82, 2.24) is 5.32 Å². The molecule has 0 aliphatic carbocycles. The third kappa shape index (κ3) is 6.75. The first-order valence-electron chi connectivity index (χ1n) is 6.68. The fourth-order valence-corrected chi connectivity index (χ4v) is 1.68. The van der Waals surface area contributed by atoms with Gasteiger partial charge in [-0.05, 0) is 27.7 Å². The first-order chi connectivity index (χ1) is 9.03. The summed E-state index contributed by atoms with van der Waals surface area (Å²) in [5.74, 6) is -0.500. The van der Waals surface area contributed by atoms with Gasteiger partial charge in [-0.25, -0.2) is 9.59 Å². The van der Waals surface area contributed by atoms with Gasteiger partial charge in [0.2, 0.25) is 0 Å². The van der Waals surface area contributed by atoms with Crippen molar-refractivity contribution in [3.8, 4) is 0 Å². The molecule has 0 aromatic heterocycles. The minimum atomic E-state index is -0.836. The monoisotopic (exact) mass is 289 g/mol. The molecule has 0 aromatic rings. The maximum Gasteiger partial charge on any atom is 0.408 e. The van der Waals surface area contributed by atoms with Crippen LogP contribution in [-0.4, -0.2) is 44.0 Å². The molecule has 0 fully saturated rings. The Hall–Kier alpha value is -1.30. The van der Waals surface area contributed by atoms with E-state index in [1.807, 2.05) is 13.8 Å². The zero-order valence-corrected chi connectivity index (χ0v) is 13.5. The van der Waals surface area contributed by atoms with Crippen molar-refractivity contribution in [3.05, 3.63) is 0 Å². The van der Waals surface area contributed by atoms with Crippen molar-refractivity contribution in [3.63, 3.8) is 0 Å². The maximum atomic E-state index is 12.0. The quantitative estimate of drug-likeness (QED) is 0.758. The van der Waals surface area contributed by atoms with Crippen molar-refractivity contribution < 1.29 is 23.8 Å². The number of carbonyl (C=O) groups excluding carboxylic acids is 2. The van der Waals surface area contributed by atoms with Crippen LogP contribution in [0.15, 0.2) is 0 Å². The smallest absolute Gasteiger partial charge is 0.408 e. The van der Waals surface area contributed by atoms with E-state index in [2.05, 4.69) is 5.32 Å². The molecule has 1 unspecified atom stereocenters. The van der Waals surface area contributed by atoms with Crippen LogP contribution in [0.5, 0.6) is 0 Å². The SMILES string of the molecule is CCOC(=O)C(NC(=O)OC(C)(C)C)C(C)(C)COC. The summed E-state index contributed by atoms with van der Waals surface area (Å²) in [7, 11) is 1.54. The molecule has 0 saturated heterocycles. The fourth-order valence-electron chi connectivity index (χ4n) is 1.68. The standard InChI is InChI=1S/C14H27NO5/c1-8-19-11(16)10(14(5,6)9-18-7)15-12(17)20-13(2,3)4/h10H,8-9H2,1-7H3,(H,15,17). The van der Waals surface area contributed by atoms with Crippen molar-refractivity contribution in [2.75, 3.05) is 20.3 Å². The normalized spacial score (nSPS) is 13.6. The zero-order chi connectivity index (χ0) is 16.0. The third-order valence-corrected chi connectivity index (χ3v) is 2.48. The molecule has 0 aromatic carbocycles. The summed E-state index contributed by atoms with van der Waals surface area (Å²) in [6.07, 6.45) is -0.653. The van der Waals surface area contributed by atoms with Crippen LogP contribution in [0.2, 0.25) is 0 Å². The summed E-state index contributed by atoms with van der Waals surface area (Å²) in [5.41, 5.74) is -1.24. The Labute approximate surface area is 121 Å². The Morgan fingerprint density at radius 1 is 1.15 bits per heavy atom. The number of esters is 1. The molecule has 20 heavy (non-hydrogen) atoms. The Kier molecular flexibility index (Phi) is 6.99. The molecule has 0 rings (SSSR count). The van der Waals surface area contributed by atoms with Crippen molar-refractivity contribution in [2.45, 2.75) is 53.2 Å². The molecule has 0 radical (unpaired) electrons. The van der Waals surface area contributed by atoms with Gasteiger partial charge in [-0.15, -0.1) is 0 Å². The lowest BCUT2D eigenvalue weighted by molar-refractivity contribution is -0.150. The van der Waals surface area contributed by atoms with Gasteiger partial charge in [0.25, 0.3) is 0 Å². The number of carbonyl (C=O) groups is 2. The largest absolute Gasteiger partial charge is 0.464 e. The van der Waals surface area contributed by atoms with Crippen LogP contribution in [0.3, 0.4) is 0 Å². The second kappa shape index (κ2) is 7.47. The summed E-state index contributed by atoms with van der Waals surface area (Å²) in [5, 5.41) is 2.57. The summed E-state index contributed by atoms with van der Waals surface area (Å²) >= 11 is 0. The third-order valence-electron chi connectivity index (χ3n) is 2.48. The van der Waals surface area contributed by atoms with Crippen LogP contribution in [0.4, 0.5) is 4.79 Å². The molecule has 1 N–H and O–H groups in total. The zero-order valence-electron chi connectivity index (χ0n) is 13.5. The van der Waals surface area contributed by atoms with Crippen LogP contribution in [0.25, 0.3) is 0 Å². The van der Waals surface area contributed by atoms with Crippen LogP contribution < -0.4 is 5.32 Å². The molecule has 118 valence electrons. The van der Waals surface area contributed by atoms with Crippen molar-refractivity contribution in [1.29, 1.82) is 0 Å². The first kappa shape index (κ1) is 18.7. The van der Waals surface area contributed by atoms with E-state index in [0.29, 0.717) is 6.61 Å². The molecular formula is C14H27NO5. The summed E-state index contributed by atoms with van der Waals surface area (Å²) < 4.78 is 15.3. The molecule has 1 amide bonds. The van der Waals surface area contributed by atoms with E-state index >= 15 is 0 Å². The van der Waals surface area contributed by atoms with Gasteiger partial charge >= 0.3 is 12.1 Å². The average molecular weight is 289 g/mol. The van der Waals surface area contributed by atoms with E-state index in [0.717, 1.165) is 0 Å². The number of rotatable bonds is 6. The highest BCUT2D eigenvalue weighted by atomic mass is 16.6. The van der Waals surface area contributed by atoms with Gasteiger partial charge in [0, 0.05) is 12.5 Å². The van der Waals surface area contributed by atoms with Crippen molar-refractivity contribution >= 4 is 12.1 Å². The van der Waals surface area contributed by atoms with Crippen molar-refractivity contribution in [2.24, 2.45) is 5.41 Å². The number of hydrogen-bond donors (Lipinski definition) is 1. The average Bonchev–Trinajstić information content (AvgIpc) is 2.23. The number of hydrogen-bond acceptors (Lipinski definition) is 5. The Morgan fingerprint density at radius 3 is 2.10 bits per heavy atom. The van der Waals surface area contributed by atoms with E-state index in [1.165, 1.54) is 7.11 Å². The van der Waals surface area contributed by atoms with E-state index in [9.17, 15) is 9.59 Å². The second-order valence-electron chi connectivity index (χ2n) is 6.25. The number of methoxy groups -OCH3 is 1. The molecule has 0 aliphatic rings. The van der Waals surface area contributed by atoms with Gasteiger partial charge < -0.3 is 19.5 Å². The minimum absolute atomic E-state index is 0.244. The highest BCUT2D eigenvalue weighted by Crippen LogP contribution is 2.23. The van der Waals surface area contributed by atoms with E-state index in [1.54, 1.807) is 27.7 Å². The predicted octanol–water partition coefficient (Wildman–Crippen LogP) is 2.12.